The van der Waals surface area contributed by atoms with Crippen molar-refractivity contribution in [3.05, 3.63) is 54.2 Å². The van der Waals surface area contributed by atoms with Crippen LogP contribution < -0.4 is 5.73 Å². The van der Waals surface area contributed by atoms with Crippen LogP contribution in [0, 0.1) is 6.92 Å². The van der Waals surface area contributed by atoms with E-state index in [1.54, 1.807) is 0 Å². The van der Waals surface area contributed by atoms with E-state index in [-0.39, 0.29) is 0 Å². The Hall–Kier alpha value is -2.29. The largest absolute Gasteiger partial charge is 0.382 e. The van der Waals surface area contributed by atoms with Crippen LogP contribution in [0.25, 0.3) is 16.9 Å². The highest BCUT2D eigenvalue weighted by molar-refractivity contribution is 5.73. The molecule has 0 bridgehead atoms. The summed E-state index contributed by atoms with van der Waals surface area (Å²) in [5.74, 6) is 1.46. The number of fused-ring (bicyclic) bond motifs is 1. The van der Waals surface area contributed by atoms with Gasteiger partial charge in [0.05, 0.1) is 5.52 Å². The van der Waals surface area contributed by atoms with Crippen molar-refractivity contribution < 1.29 is 0 Å². The number of imidazole rings is 1. The quantitative estimate of drug-likeness (QED) is 0.689. The van der Waals surface area contributed by atoms with Crippen molar-refractivity contribution in [1.29, 1.82) is 0 Å². The van der Waals surface area contributed by atoms with Gasteiger partial charge in [0.1, 0.15) is 11.6 Å². The monoisotopic (exact) mass is 223 g/mol. The molecule has 3 nitrogen and oxygen atoms in total. The molecule has 0 aliphatic rings. The van der Waals surface area contributed by atoms with Gasteiger partial charge in [0.15, 0.2) is 0 Å². The Labute approximate surface area is 99.5 Å². The lowest BCUT2D eigenvalue weighted by molar-refractivity contribution is 1.14. The van der Waals surface area contributed by atoms with Gasteiger partial charge in [-0.05, 0) is 18.6 Å². The Morgan fingerprint density at radius 1 is 1.06 bits per heavy atom. The van der Waals surface area contributed by atoms with Crippen LogP contribution in [0.1, 0.15) is 5.56 Å². The smallest absolute Gasteiger partial charge is 0.150 e. The van der Waals surface area contributed by atoms with Crippen LogP contribution in [-0.4, -0.2) is 9.38 Å². The van der Waals surface area contributed by atoms with Gasteiger partial charge in [0.2, 0.25) is 0 Å². The molecule has 2 aromatic heterocycles. The summed E-state index contributed by atoms with van der Waals surface area (Å²) < 4.78 is 2.04. The fraction of sp³-hybridized carbons (Fsp3) is 0.0714. The first-order valence-corrected chi connectivity index (χ1v) is 5.55. The lowest BCUT2D eigenvalue weighted by Crippen LogP contribution is -1.90. The van der Waals surface area contributed by atoms with Crippen LogP contribution >= 0.6 is 0 Å². The first-order chi connectivity index (χ1) is 8.25. The number of anilines is 1. The highest BCUT2D eigenvalue weighted by Gasteiger charge is 2.09. The summed E-state index contributed by atoms with van der Waals surface area (Å²) in [6.45, 7) is 2.06. The third-order valence-corrected chi connectivity index (χ3v) is 2.85. The Kier molecular flexibility index (Phi) is 2.11. The molecule has 0 aliphatic carbocycles. The lowest BCUT2D eigenvalue weighted by atomic mass is 10.2. The Morgan fingerprint density at radius 3 is 2.59 bits per heavy atom. The summed E-state index contributed by atoms with van der Waals surface area (Å²) in [7, 11) is 0. The molecule has 0 saturated carbocycles. The molecular weight excluding hydrogens is 210 g/mol. The first-order valence-electron chi connectivity index (χ1n) is 5.55. The minimum Gasteiger partial charge on any atom is -0.382 e. The molecule has 0 aliphatic heterocycles. The Bertz CT molecular complexity index is 669. The van der Waals surface area contributed by atoms with Gasteiger partial charge in [-0.2, -0.15) is 0 Å². The van der Waals surface area contributed by atoms with E-state index in [4.69, 9.17) is 5.73 Å². The van der Waals surface area contributed by atoms with Crippen molar-refractivity contribution in [3.63, 3.8) is 0 Å². The molecule has 0 fully saturated rings. The lowest BCUT2D eigenvalue weighted by Gasteiger charge is -2.01. The topological polar surface area (TPSA) is 43.3 Å². The fourth-order valence-electron chi connectivity index (χ4n) is 2.01. The molecule has 3 aromatic rings. The molecule has 2 heterocycles. The number of nitrogens with two attached hydrogens (primary N) is 1. The zero-order valence-electron chi connectivity index (χ0n) is 9.59. The molecule has 0 atom stereocenters. The molecule has 84 valence electrons. The average molecular weight is 223 g/mol. The molecule has 1 aromatic carbocycles. The van der Waals surface area contributed by atoms with Crippen LogP contribution in [0.2, 0.25) is 0 Å². The van der Waals surface area contributed by atoms with Crippen molar-refractivity contribution >= 4 is 11.3 Å². The van der Waals surface area contributed by atoms with Crippen LogP contribution in [0.4, 0.5) is 5.82 Å². The molecular formula is C14H13N3. The number of aryl methyl sites for hydroxylation is 1. The van der Waals surface area contributed by atoms with Crippen LogP contribution in [0.15, 0.2) is 48.7 Å². The van der Waals surface area contributed by atoms with Gasteiger partial charge in [-0.15, -0.1) is 0 Å². The Morgan fingerprint density at radius 2 is 1.82 bits per heavy atom. The van der Waals surface area contributed by atoms with E-state index in [1.165, 1.54) is 5.56 Å². The van der Waals surface area contributed by atoms with Gasteiger partial charge in [-0.1, -0.05) is 36.4 Å². The van der Waals surface area contributed by atoms with Gasteiger partial charge in [-0.3, -0.25) is 4.40 Å². The maximum Gasteiger partial charge on any atom is 0.150 e. The van der Waals surface area contributed by atoms with E-state index >= 15 is 0 Å². The Balaban J connectivity index is 2.34. The predicted molar refractivity (Wildman–Crippen MR) is 69.8 cm³/mol. The van der Waals surface area contributed by atoms with Crippen molar-refractivity contribution in [1.82, 2.24) is 9.38 Å². The molecule has 0 radical (unpaired) electrons. The van der Waals surface area contributed by atoms with Gasteiger partial charge < -0.3 is 5.73 Å². The minimum absolute atomic E-state index is 0.573. The van der Waals surface area contributed by atoms with Gasteiger partial charge in [0, 0.05) is 11.8 Å². The number of pyridine rings is 1. The summed E-state index contributed by atoms with van der Waals surface area (Å²) in [6, 6.07) is 14.1. The number of nitrogens with zero attached hydrogens (tertiary/aromatic N) is 2. The summed E-state index contributed by atoms with van der Waals surface area (Å²) >= 11 is 0. The SMILES string of the molecule is Cc1ccc2c(N)nc(-c3ccccc3)n2c1. The second-order valence-electron chi connectivity index (χ2n) is 4.15. The van der Waals surface area contributed by atoms with E-state index in [1.807, 2.05) is 46.9 Å². The van der Waals surface area contributed by atoms with E-state index in [0.29, 0.717) is 5.82 Å². The van der Waals surface area contributed by atoms with Gasteiger partial charge in [0.25, 0.3) is 0 Å². The highest BCUT2D eigenvalue weighted by atomic mass is 15.1. The number of rotatable bonds is 1. The third-order valence-electron chi connectivity index (χ3n) is 2.85. The summed E-state index contributed by atoms with van der Waals surface area (Å²) in [4.78, 5) is 4.44. The number of benzene rings is 1. The second-order valence-corrected chi connectivity index (χ2v) is 4.15. The number of nitrogen functional groups attached to an aromatic ring is 1. The number of aromatic nitrogens is 2. The van der Waals surface area contributed by atoms with E-state index in [9.17, 15) is 0 Å². The van der Waals surface area contributed by atoms with E-state index < -0.39 is 0 Å². The van der Waals surface area contributed by atoms with Crippen molar-refractivity contribution in [2.75, 3.05) is 5.73 Å². The van der Waals surface area contributed by atoms with Gasteiger partial charge >= 0.3 is 0 Å². The molecule has 0 saturated heterocycles. The molecule has 0 spiro atoms. The van der Waals surface area contributed by atoms with Crippen molar-refractivity contribution in [2.24, 2.45) is 0 Å². The molecule has 3 heteroatoms. The zero-order valence-corrected chi connectivity index (χ0v) is 9.59. The molecule has 3 rings (SSSR count). The van der Waals surface area contributed by atoms with Crippen LogP contribution in [-0.2, 0) is 0 Å². The molecule has 2 N–H and O–H groups in total. The van der Waals surface area contributed by atoms with Crippen LogP contribution in [0.5, 0.6) is 0 Å². The summed E-state index contributed by atoms with van der Waals surface area (Å²) in [5.41, 5.74) is 9.15. The van der Waals surface area contributed by atoms with E-state index in [0.717, 1.165) is 16.9 Å². The third kappa shape index (κ3) is 1.56. The second kappa shape index (κ2) is 3.63. The maximum atomic E-state index is 5.93. The van der Waals surface area contributed by atoms with Crippen molar-refractivity contribution in [3.8, 4) is 11.4 Å². The average Bonchev–Trinajstić information content (AvgIpc) is 2.67. The number of hydrogen-bond acceptors (Lipinski definition) is 2. The standard InChI is InChI=1S/C14H13N3/c1-10-7-8-12-13(15)16-14(17(12)9-10)11-5-3-2-4-6-11/h2-9H,15H2,1H3. The highest BCUT2D eigenvalue weighted by Crippen LogP contribution is 2.24. The zero-order chi connectivity index (χ0) is 11.8. The predicted octanol–water partition coefficient (Wildman–Crippen LogP) is 2.89. The minimum atomic E-state index is 0.573. The van der Waals surface area contributed by atoms with E-state index in [2.05, 4.69) is 18.1 Å². The molecule has 0 unspecified atom stereocenters. The molecule has 17 heavy (non-hydrogen) atoms. The molecule has 0 amide bonds. The fourth-order valence-corrected chi connectivity index (χ4v) is 2.01. The van der Waals surface area contributed by atoms with Crippen molar-refractivity contribution in [2.45, 2.75) is 6.92 Å². The van der Waals surface area contributed by atoms with Crippen LogP contribution in [0.3, 0.4) is 0 Å². The normalized spacial score (nSPS) is 10.9. The maximum absolute atomic E-state index is 5.93. The number of hydrogen-bond donors (Lipinski definition) is 1. The summed E-state index contributed by atoms with van der Waals surface area (Å²) in [5, 5.41) is 0. The van der Waals surface area contributed by atoms with Gasteiger partial charge in [-0.25, -0.2) is 4.98 Å². The summed E-state index contributed by atoms with van der Waals surface area (Å²) in [6.07, 6.45) is 2.06. The first kappa shape index (κ1) is 9.90.